The highest BCUT2D eigenvalue weighted by Crippen LogP contribution is 2.25. The second-order valence-electron chi connectivity index (χ2n) is 4.24. The van der Waals surface area contributed by atoms with Gasteiger partial charge in [0.2, 0.25) is 0 Å². The third-order valence-corrected chi connectivity index (χ3v) is 4.08. The lowest BCUT2D eigenvalue weighted by atomic mass is 10.1. The molecular formula is C13H10N2O5S. The van der Waals surface area contributed by atoms with Gasteiger partial charge in [-0.3, -0.25) is 14.9 Å². The van der Waals surface area contributed by atoms with Crippen molar-refractivity contribution >= 4 is 27.2 Å². The quantitative estimate of drug-likeness (QED) is 0.481. The standard InChI is InChI=1S/C13H10N2O5S/c1-9-8-10(6-7-12(9)16)14-21(19,20)13-5-3-2-4-11(13)15(17)18/h2-8H,1H3/b14-10+. The van der Waals surface area contributed by atoms with E-state index in [0.29, 0.717) is 5.57 Å². The van der Waals surface area contributed by atoms with E-state index in [0.717, 1.165) is 12.1 Å². The van der Waals surface area contributed by atoms with E-state index >= 15 is 0 Å². The summed E-state index contributed by atoms with van der Waals surface area (Å²) in [5.74, 6) is -0.239. The lowest BCUT2D eigenvalue weighted by Gasteiger charge is -2.05. The number of nitro groups is 1. The molecule has 0 radical (unpaired) electrons. The number of rotatable bonds is 3. The van der Waals surface area contributed by atoms with Gasteiger partial charge in [0, 0.05) is 6.07 Å². The molecule has 7 nitrogen and oxygen atoms in total. The van der Waals surface area contributed by atoms with Gasteiger partial charge in [-0.2, -0.15) is 12.8 Å². The number of carbonyl (C=O) groups excluding carboxylic acids is 1. The van der Waals surface area contributed by atoms with Crippen molar-refractivity contribution in [1.82, 2.24) is 0 Å². The van der Waals surface area contributed by atoms with Gasteiger partial charge in [-0.15, -0.1) is 0 Å². The molecule has 0 atom stereocenters. The average Bonchev–Trinajstić information content (AvgIpc) is 2.42. The molecule has 0 aliphatic heterocycles. The van der Waals surface area contributed by atoms with E-state index < -0.39 is 25.5 Å². The molecule has 8 heteroatoms. The number of allylic oxidation sites excluding steroid dienone is 4. The fourth-order valence-corrected chi connectivity index (χ4v) is 2.85. The molecule has 0 unspecified atom stereocenters. The zero-order valence-electron chi connectivity index (χ0n) is 10.9. The summed E-state index contributed by atoms with van der Waals surface area (Å²) in [4.78, 5) is 20.9. The van der Waals surface area contributed by atoms with Crippen LogP contribution in [0.1, 0.15) is 6.92 Å². The fourth-order valence-electron chi connectivity index (χ4n) is 1.70. The number of hydrogen-bond acceptors (Lipinski definition) is 5. The van der Waals surface area contributed by atoms with E-state index in [9.17, 15) is 23.3 Å². The van der Waals surface area contributed by atoms with E-state index in [1.807, 2.05) is 0 Å². The first-order valence-electron chi connectivity index (χ1n) is 5.80. The second-order valence-corrected chi connectivity index (χ2v) is 5.81. The highest BCUT2D eigenvalue weighted by atomic mass is 32.2. The van der Waals surface area contributed by atoms with Crippen LogP contribution in [-0.4, -0.2) is 24.8 Å². The van der Waals surface area contributed by atoms with Crippen molar-refractivity contribution < 1.29 is 18.1 Å². The van der Waals surface area contributed by atoms with Gasteiger partial charge in [0.05, 0.1) is 10.6 Å². The topological polar surface area (TPSA) is 107 Å². The van der Waals surface area contributed by atoms with Gasteiger partial charge in [-0.25, -0.2) is 0 Å². The van der Waals surface area contributed by atoms with Crippen molar-refractivity contribution in [2.75, 3.05) is 0 Å². The summed E-state index contributed by atoms with van der Waals surface area (Å²) in [6.07, 6.45) is 3.76. The maximum Gasteiger partial charge on any atom is 0.289 e. The first-order chi connectivity index (χ1) is 9.81. The zero-order chi connectivity index (χ0) is 15.6. The van der Waals surface area contributed by atoms with Gasteiger partial charge in [0.1, 0.15) is 0 Å². The molecular weight excluding hydrogens is 296 g/mol. The van der Waals surface area contributed by atoms with Crippen LogP contribution in [0, 0.1) is 10.1 Å². The molecule has 21 heavy (non-hydrogen) atoms. The van der Waals surface area contributed by atoms with E-state index in [1.165, 1.54) is 37.3 Å². The molecule has 1 aliphatic carbocycles. The van der Waals surface area contributed by atoms with Gasteiger partial charge in [0.25, 0.3) is 15.7 Å². The number of hydrogen-bond donors (Lipinski definition) is 0. The molecule has 0 heterocycles. The Balaban J connectivity index is 2.53. The monoisotopic (exact) mass is 306 g/mol. The van der Waals surface area contributed by atoms with Crippen LogP contribution in [0.4, 0.5) is 5.69 Å². The SMILES string of the molecule is CC1=C/C(=N/S(=O)(=O)c2ccccc2[N+](=O)[O-])C=CC1=O. The fraction of sp³-hybridized carbons (Fsp3) is 0.0769. The van der Waals surface area contributed by atoms with Crippen molar-refractivity contribution in [2.24, 2.45) is 4.40 Å². The summed E-state index contributed by atoms with van der Waals surface area (Å²) in [6.45, 7) is 1.53. The van der Waals surface area contributed by atoms with Crippen LogP contribution < -0.4 is 0 Å². The molecule has 0 amide bonds. The molecule has 0 saturated carbocycles. The van der Waals surface area contributed by atoms with Gasteiger partial charge >= 0.3 is 0 Å². The lowest BCUT2D eigenvalue weighted by molar-refractivity contribution is -0.387. The molecule has 0 aromatic heterocycles. The Morgan fingerprint density at radius 1 is 1.19 bits per heavy atom. The number of sulfonamides is 1. The molecule has 1 aromatic carbocycles. The molecule has 0 spiro atoms. The van der Waals surface area contributed by atoms with Gasteiger partial charge in [-0.05, 0) is 36.8 Å². The molecule has 0 bridgehead atoms. The van der Waals surface area contributed by atoms with Crippen molar-refractivity contribution in [2.45, 2.75) is 11.8 Å². The number of benzene rings is 1. The van der Waals surface area contributed by atoms with Crippen LogP contribution in [0.3, 0.4) is 0 Å². The van der Waals surface area contributed by atoms with Crippen LogP contribution in [0.2, 0.25) is 0 Å². The summed E-state index contributed by atoms with van der Waals surface area (Å²) in [5, 5.41) is 10.9. The predicted octanol–water partition coefficient (Wildman–Crippen LogP) is 1.81. The van der Waals surface area contributed by atoms with E-state index in [1.54, 1.807) is 0 Å². The number of ketones is 1. The van der Waals surface area contributed by atoms with E-state index in [2.05, 4.69) is 4.40 Å². The van der Waals surface area contributed by atoms with Crippen molar-refractivity contribution in [3.05, 3.63) is 58.2 Å². The number of nitro benzene ring substituents is 1. The molecule has 0 saturated heterocycles. The molecule has 1 aromatic rings. The van der Waals surface area contributed by atoms with E-state index in [4.69, 9.17) is 0 Å². The summed E-state index contributed by atoms with van der Waals surface area (Å²) < 4.78 is 27.9. The minimum atomic E-state index is -4.24. The maximum atomic E-state index is 12.2. The average molecular weight is 306 g/mol. The Bertz CT molecular complexity index is 819. The number of para-hydroxylation sites is 1. The summed E-state index contributed by atoms with van der Waals surface area (Å²) in [6, 6.07) is 4.95. The number of nitrogens with zero attached hydrogens (tertiary/aromatic N) is 2. The Hall–Kier alpha value is -2.61. The minimum Gasteiger partial charge on any atom is -0.290 e. The molecule has 0 N–H and O–H groups in total. The minimum absolute atomic E-state index is 0.0465. The molecule has 108 valence electrons. The highest BCUT2D eigenvalue weighted by molar-refractivity contribution is 7.90. The lowest BCUT2D eigenvalue weighted by Crippen LogP contribution is -2.09. The van der Waals surface area contributed by atoms with E-state index in [-0.39, 0.29) is 11.5 Å². The second kappa shape index (κ2) is 5.41. The Morgan fingerprint density at radius 2 is 1.86 bits per heavy atom. The third kappa shape index (κ3) is 3.11. The van der Waals surface area contributed by atoms with Crippen LogP contribution in [0.25, 0.3) is 0 Å². The van der Waals surface area contributed by atoms with Crippen LogP contribution in [0.15, 0.2) is 57.4 Å². The summed E-state index contributed by atoms with van der Waals surface area (Å²) in [7, 11) is -4.24. The predicted molar refractivity (Wildman–Crippen MR) is 75.6 cm³/mol. The van der Waals surface area contributed by atoms with Gasteiger partial charge in [-0.1, -0.05) is 12.1 Å². The van der Waals surface area contributed by atoms with Gasteiger partial charge < -0.3 is 0 Å². The Kier molecular flexibility index (Phi) is 3.81. The normalized spacial score (nSPS) is 16.9. The third-order valence-electron chi connectivity index (χ3n) is 2.72. The first-order valence-corrected chi connectivity index (χ1v) is 7.24. The van der Waals surface area contributed by atoms with Crippen molar-refractivity contribution in [3.63, 3.8) is 0 Å². The Labute approximate surface area is 120 Å². The highest BCUT2D eigenvalue weighted by Gasteiger charge is 2.25. The van der Waals surface area contributed by atoms with Crippen molar-refractivity contribution in [1.29, 1.82) is 0 Å². The molecule has 2 rings (SSSR count). The molecule has 1 aliphatic rings. The van der Waals surface area contributed by atoms with Crippen molar-refractivity contribution in [3.8, 4) is 0 Å². The molecule has 0 fully saturated rings. The van der Waals surface area contributed by atoms with Crippen LogP contribution in [-0.2, 0) is 14.8 Å². The maximum absolute atomic E-state index is 12.2. The zero-order valence-corrected chi connectivity index (χ0v) is 11.7. The smallest absolute Gasteiger partial charge is 0.289 e. The van der Waals surface area contributed by atoms with Crippen LogP contribution in [0.5, 0.6) is 0 Å². The number of carbonyl (C=O) groups is 1. The van der Waals surface area contributed by atoms with Gasteiger partial charge in [0.15, 0.2) is 10.7 Å². The summed E-state index contributed by atoms with van der Waals surface area (Å²) in [5.41, 5.74) is -0.155. The Morgan fingerprint density at radius 3 is 2.48 bits per heavy atom. The first kappa shape index (κ1) is 14.8. The van der Waals surface area contributed by atoms with Crippen LogP contribution >= 0.6 is 0 Å². The largest absolute Gasteiger partial charge is 0.290 e. The summed E-state index contributed by atoms with van der Waals surface area (Å²) >= 11 is 0.